The summed E-state index contributed by atoms with van der Waals surface area (Å²) in [7, 11) is 0. The average Bonchev–Trinajstić information content (AvgIpc) is 2.67. The molecule has 0 radical (unpaired) electrons. The van der Waals surface area contributed by atoms with E-state index in [0.29, 0.717) is 17.5 Å². The van der Waals surface area contributed by atoms with Gasteiger partial charge in [-0.2, -0.15) is 5.26 Å². The zero-order valence-corrected chi connectivity index (χ0v) is 13.7. The lowest BCUT2D eigenvalue weighted by Gasteiger charge is -2.31. The lowest BCUT2D eigenvalue weighted by atomic mass is 9.84. The monoisotopic (exact) mass is 345 g/mol. The molecule has 2 heterocycles. The minimum atomic E-state index is -0.596. The van der Waals surface area contributed by atoms with Crippen molar-refractivity contribution in [2.75, 3.05) is 0 Å². The molecule has 0 saturated carbocycles. The molecule has 4 rings (SSSR count). The lowest BCUT2D eigenvalue weighted by molar-refractivity contribution is 0.157. The third-order valence-electron chi connectivity index (χ3n) is 4.62. The van der Waals surface area contributed by atoms with Gasteiger partial charge < -0.3 is 4.74 Å². The van der Waals surface area contributed by atoms with Crippen molar-refractivity contribution in [2.24, 2.45) is 0 Å². The van der Waals surface area contributed by atoms with Crippen LogP contribution in [-0.2, 0) is 0 Å². The maximum atomic E-state index is 12.4. The first-order valence-electron chi connectivity index (χ1n) is 8.24. The highest BCUT2D eigenvalue weighted by atomic mass is 16.5. The molecule has 2 unspecified atom stereocenters. The number of nitrogens with zero attached hydrogens (tertiary/aromatic N) is 1. The van der Waals surface area contributed by atoms with Crippen LogP contribution >= 0.6 is 0 Å². The van der Waals surface area contributed by atoms with Crippen molar-refractivity contribution in [1.29, 1.82) is 5.26 Å². The van der Waals surface area contributed by atoms with Gasteiger partial charge in [-0.05, 0) is 29.7 Å². The van der Waals surface area contributed by atoms with E-state index in [1.807, 2.05) is 42.5 Å². The van der Waals surface area contributed by atoms with Crippen LogP contribution in [0.15, 0.2) is 64.2 Å². The number of nitriles is 1. The van der Waals surface area contributed by atoms with Crippen LogP contribution in [0.3, 0.4) is 0 Å². The van der Waals surface area contributed by atoms with Gasteiger partial charge in [-0.3, -0.25) is 14.8 Å². The van der Waals surface area contributed by atoms with Gasteiger partial charge in [-0.15, -0.1) is 0 Å². The number of fused-ring (bicyclic) bond motifs is 1. The first kappa shape index (κ1) is 15.9. The molecular formula is C20H15N3O3. The molecule has 3 aromatic rings. The Balaban J connectivity index is 1.85. The minimum absolute atomic E-state index is 0.202. The predicted molar refractivity (Wildman–Crippen MR) is 95.1 cm³/mol. The van der Waals surface area contributed by atoms with Gasteiger partial charge in [0, 0.05) is 5.92 Å². The molecule has 0 saturated heterocycles. The van der Waals surface area contributed by atoms with E-state index < -0.39 is 11.2 Å². The van der Waals surface area contributed by atoms with Crippen LogP contribution in [-0.4, -0.2) is 9.97 Å². The Morgan fingerprint density at radius 3 is 2.38 bits per heavy atom. The molecule has 0 bridgehead atoms. The normalized spacial score (nSPS) is 18.4. The number of hydrogen-bond acceptors (Lipinski definition) is 4. The molecule has 6 heteroatoms. The summed E-state index contributed by atoms with van der Waals surface area (Å²) in [6, 6.07) is 18.9. The standard InChI is InChI=1S/C20H15N3O3/c21-11-12-6-8-13(9-7-12)15-10-16(14-4-2-1-3-5-14)26-19-17(15)18(24)22-20(25)23-19/h1-9,15-16H,10H2,(H2,22,23,24,25). The zero-order valence-electron chi connectivity index (χ0n) is 13.7. The van der Waals surface area contributed by atoms with Crippen molar-refractivity contribution < 1.29 is 4.74 Å². The SMILES string of the molecule is N#Cc1ccc(C2CC(c3ccccc3)Oc3[nH]c(=O)[nH]c(=O)c32)cc1. The van der Waals surface area contributed by atoms with Crippen LogP contribution in [0.4, 0.5) is 0 Å². The number of benzene rings is 2. The Bertz CT molecular complexity index is 1090. The van der Waals surface area contributed by atoms with Crippen molar-refractivity contribution in [3.05, 3.63) is 97.7 Å². The van der Waals surface area contributed by atoms with E-state index in [2.05, 4.69) is 16.0 Å². The van der Waals surface area contributed by atoms with Gasteiger partial charge in [0.2, 0.25) is 5.88 Å². The second-order valence-corrected chi connectivity index (χ2v) is 6.19. The fourth-order valence-electron chi connectivity index (χ4n) is 3.37. The number of aromatic amines is 2. The molecule has 1 aliphatic rings. The summed E-state index contributed by atoms with van der Waals surface area (Å²) < 4.78 is 5.95. The summed E-state index contributed by atoms with van der Waals surface area (Å²) in [5.41, 5.74) is 1.77. The summed E-state index contributed by atoms with van der Waals surface area (Å²) in [6.07, 6.45) is 0.264. The quantitative estimate of drug-likeness (QED) is 0.746. The van der Waals surface area contributed by atoms with E-state index in [1.165, 1.54) is 0 Å². The largest absolute Gasteiger partial charge is 0.470 e. The summed E-state index contributed by atoms with van der Waals surface area (Å²) >= 11 is 0. The number of nitrogens with one attached hydrogen (secondary N) is 2. The van der Waals surface area contributed by atoms with Crippen LogP contribution < -0.4 is 16.0 Å². The third kappa shape index (κ3) is 2.80. The van der Waals surface area contributed by atoms with Crippen LogP contribution in [0, 0.1) is 11.3 Å². The Morgan fingerprint density at radius 1 is 0.962 bits per heavy atom. The smallest absolute Gasteiger partial charge is 0.328 e. The fourth-order valence-corrected chi connectivity index (χ4v) is 3.37. The molecule has 0 amide bonds. The number of rotatable bonds is 2. The second-order valence-electron chi connectivity index (χ2n) is 6.19. The number of hydrogen-bond donors (Lipinski definition) is 2. The highest BCUT2D eigenvalue weighted by Crippen LogP contribution is 2.42. The van der Waals surface area contributed by atoms with Crippen molar-refractivity contribution in [2.45, 2.75) is 18.4 Å². The first-order chi connectivity index (χ1) is 12.7. The number of ether oxygens (including phenoxy) is 1. The van der Waals surface area contributed by atoms with Crippen molar-refractivity contribution in [3.63, 3.8) is 0 Å². The molecule has 1 aliphatic heterocycles. The summed E-state index contributed by atoms with van der Waals surface area (Å²) in [6.45, 7) is 0. The van der Waals surface area contributed by atoms with Gasteiger partial charge in [-0.25, -0.2) is 4.79 Å². The Labute approximate surface area is 148 Å². The predicted octanol–water partition coefficient (Wildman–Crippen LogP) is 2.59. The summed E-state index contributed by atoms with van der Waals surface area (Å²) in [5.74, 6) is -0.0505. The van der Waals surface area contributed by atoms with E-state index in [0.717, 1.165) is 11.1 Å². The Morgan fingerprint density at radius 2 is 1.69 bits per heavy atom. The first-order valence-corrected chi connectivity index (χ1v) is 8.24. The average molecular weight is 345 g/mol. The minimum Gasteiger partial charge on any atom is -0.470 e. The van der Waals surface area contributed by atoms with Crippen molar-refractivity contribution in [1.82, 2.24) is 9.97 Å². The van der Waals surface area contributed by atoms with Gasteiger partial charge in [0.05, 0.1) is 17.2 Å². The summed E-state index contributed by atoms with van der Waals surface area (Å²) in [5, 5.41) is 9.00. The van der Waals surface area contributed by atoms with E-state index in [1.54, 1.807) is 12.1 Å². The molecule has 2 atom stereocenters. The van der Waals surface area contributed by atoms with Gasteiger partial charge in [-0.1, -0.05) is 42.5 Å². The topological polar surface area (TPSA) is 98.7 Å². The van der Waals surface area contributed by atoms with Gasteiger partial charge in [0.25, 0.3) is 5.56 Å². The Hall–Kier alpha value is -3.59. The molecular weight excluding hydrogens is 330 g/mol. The molecule has 128 valence electrons. The van der Waals surface area contributed by atoms with Crippen molar-refractivity contribution >= 4 is 0 Å². The van der Waals surface area contributed by atoms with Crippen LogP contribution in [0.25, 0.3) is 0 Å². The molecule has 2 N–H and O–H groups in total. The van der Waals surface area contributed by atoms with E-state index in [4.69, 9.17) is 10.00 Å². The van der Waals surface area contributed by atoms with Gasteiger partial charge in [0.15, 0.2) is 0 Å². The van der Waals surface area contributed by atoms with Gasteiger partial charge >= 0.3 is 5.69 Å². The summed E-state index contributed by atoms with van der Waals surface area (Å²) in [4.78, 5) is 29.0. The molecule has 0 fully saturated rings. The second kappa shape index (κ2) is 6.37. The maximum Gasteiger partial charge on any atom is 0.328 e. The highest BCUT2D eigenvalue weighted by Gasteiger charge is 2.33. The molecule has 0 aliphatic carbocycles. The Kier molecular flexibility index (Phi) is 3.90. The zero-order chi connectivity index (χ0) is 18.1. The fraction of sp³-hybridized carbons (Fsp3) is 0.150. The van der Waals surface area contributed by atoms with Crippen LogP contribution in [0.2, 0.25) is 0 Å². The molecule has 0 spiro atoms. The molecule has 26 heavy (non-hydrogen) atoms. The maximum absolute atomic E-state index is 12.4. The number of aromatic nitrogens is 2. The van der Waals surface area contributed by atoms with Gasteiger partial charge in [0.1, 0.15) is 6.10 Å². The highest BCUT2D eigenvalue weighted by molar-refractivity contribution is 5.42. The number of H-pyrrole nitrogens is 2. The third-order valence-corrected chi connectivity index (χ3v) is 4.62. The van der Waals surface area contributed by atoms with E-state index in [-0.39, 0.29) is 17.9 Å². The van der Waals surface area contributed by atoms with E-state index in [9.17, 15) is 9.59 Å². The lowest BCUT2D eigenvalue weighted by Crippen LogP contribution is -2.33. The van der Waals surface area contributed by atoms with Crippen LogP contribution in [0.5, 0.6) is 5.88 Å². The van der Waals surface area contributed by atoms with Crippen molar-refractivity contribution in [3.8, 4) is 11.9 Å². The molecule has 2 aromatic carbocycles. The van der Waals surface area contributed by atoms with E-state index >= 15 is 0 Å². The van der Waals surface area contributed by atoms with Crippen LogP contribution in [0.1, 0.15) is 40.7 Å². The molecule has 1 aromatic heterocycles. The molecule has 6 nitrogen and oxygen atoms in total.